The molecule has 0 aliphatic rings. The van der Waals surface area contributed by atoms with Crippen molar-refractivity contribution >= 4 is 21.9 Å². The largest absolute Gasteiger partial charge is 0.497 e. The molecule has 0 fully saturated rings. The van der Waals surface area contributed by atoms with Gasteiger partial charge >= 0.3 is 5.97 Å². The standard InChI is InChI=1S/C14H12BrNO3/c1-18-11-5-3-9(4-6-11)13-12(15)7-10(8-16-13)14(17)19-2/h3-8H,1-2H3. The first kappa shape index (κ1) is 13.5. The van der Waals surface area contributed by atoms with E-state index in [-0.39, 0.29) is 0 Å². The van der Waals surface area contributed by atoms with Crippen molar-refractivity contribution in [2.75, 3.05) is 14.2 Å². The topological polar surface area (TPSA) is 48.4 Å². The summed E-state index contributed by atoms with van der Waals surface area (Å²) in [4.78, 5) is 15.7. The number of aromatic nitrogens is 1. The van der Waals surface area contributed by atoms with Crippen molar-refractivity contribution in [3.05, 3.63) is 46.6 Å². The Kier molecular flexibility index (Phi) is 4.16. The van der Waals surface area contributed by atoms with Crippen LogP contribution in [0.5, 0.6) is 5.75 Å². The number of halogens is 1. The highest BCUT2D eigenvalue weighted by atomic mass is 79.9. The Labute approximate surface area is 119 Å². The van der Waals surface area contributed by atoms with Gasteiger partial charge in [0.25, 0.3) is 0 Å². The molecule has 0 atom stereocenters. The number of hydrogen-bond donors (Lipinski definition) is 0. The molecule has 5 heteroatoms. The minimum absolute atomic E-state index is 0.408. The minimum atomic E-state index is -0.408. The van der Waals surface area contributed by atoms with Crippen LogP contribution in [0.15, 0.2) is 41.0 Å². The number of carbonyl (C=O) groups is 1. The molecule has 4 nitrogen and oxygen atoms in total. The van der Waals surface area contributed by atoms with Gasteiger partial charge in [0.05, 0.1) is 25.5 Å². The molecule has 2 aromatic rings. The molecule has 0 bridgehead atoms. The maximum absolute atomic E-state index is 11.4. The van der Waals surface area contributed by atoms with Gasteiger partial charge in [-0.3, -0.25) is 4.98 Å². The number of esters is 1. The van der Waals surface area contributed by atoms with E-state index in [0.29, 0.717) is 5.56 Å². The van der Waals surface area contributed by atoms with E-state index in [4.69, 9.17) is 4.74 Å². The molecule has 0 aliphatic carbocycles. The molecule has 0 amide bonds. The molecular weight excluding hydrogens is 310 g/mol. The van der Waals surface area contributed by atoms with Crippen molar-refractivity contribution in [1.29, 1.82) is 0 Å². The fourth-order valence-electron chi connectivity index (χ4n) is 1.63. The average Bonchev–Trinajstić information content (AvgIpc) is 2.46. The van der Waals surface area contributed by atoms with Crippen LogP contribution < -0.4 is 4.74 Å². The molecule has 0 radical (unpaired) electrons. The van der Waals surface area contributed by atoms with E-state index in [1.54, 1.807) is 13.2 Å². The summed E-state index contributed by atoms with van der Waals surface area (Å²) in [6.45, 7) is 0. The van der Waals surface area contributed by atoms with Crippen LogP contribution in [0.25, 0.3) is 11.3 Å². The van der Waals surface area contributed by atoms with Gasteiger partial charge in [-0.2, -0.15) is 0 Å². The third-order valence-corrected chi connectivity index (χ3v) is 3.23. The summed E-state index contributed by atoms with van der Waals surface area (Å²) in [5, 5.41) is 0. The maximum Gasteiger partial charge on any atom is 0.339 e. The zero-order valence-electron chi connectivity index (χ0n) is 10.5. The summed E-state index contributed by atoms with van der Waals surface area (Å²) >= 11 is 3.42. The predicted molar refractivity (Wildman–Crippen MR) is 75.3 cm³/mol. The summed E-state index contributed by atoms with van der Waals surface area (Å²) in [5.41, 5.74) is 2.10. The van der Waals surface area contributed by atoms with E-state index >= 15 is 0 Å². The SMILES string of the molecule is COC(=O)c1cnc(-c2ccc(OC)cc2)c(Br)c1. The van der Waals surface area contributed by atoms with Crippen LogP contribution in [0, 0.1) is 0 Å². The zero-order chi connectivity index (χ0) is 13.8. The van der Waals surface area contributed by atoms with Crippen LogP contribution in [0.1, 0.15) is 10.4 Å². The third kappa shape index (κ3) is 2.93. The van der Waals surface area contributed by atoms with E-state index in [9.17, 15) is 4.79 Å². The van der Waals surface area contributed by atoms with Crippen molar-refractivity contribution < 1.29 is 14.3 Å². The number of methoxy groups -OCH3 is 2. The van der Waals surface area contributed by atoms with Gasteiger partial charge in [-0.05, 0) is 46.3 Å². The molecule has 0 spiro atoms. The van der Waals surface area contributed by atoms with E-state index in [0.717, 1.165) is 21.5 Å². The van der Waals surface area contributed by atoms with Gasteiger partial charge in [0, 0.05) is 16.2 Å². The van der Waals surface area contributed by atoms with Crippen molar-refractivity contribution in [1.82, 2.24) is 4.98 Å². The number of ether oxygens (including phenoxy) is 2. The Balaban J connectivity index is 2.37. The van der Waals surface area contributed by atoms with Gasteiger partial charge in [0.1, 0.15) is 5.75 Å². The van der Waals surface area contributed by atoms with Crippen molar-refractivity contribution in [2.24, 2.45) is 0 Å². The first-order valence-corrected chi connectivity index (χ1v) is 6.33. The van der Waals surface area contributed by atoms with Gasteiger partial charge < -0.3 is 9.47 Å². The highest BCUT2D eigenvalue weighted by molar-refractivity contribution is 9.10. The van der Waals surface area contributed by atoms with Gasteiger partial charge in [-0.25, -0.2) is 4.79 Å². The Morgan fingerprint density at radius 3 is 2.42 bits per heavy atom. The summed E-state index contributed by atoms with van der Waals surface area (Å²) in [6, 6.07) is 9.22. The van der Waals surface area contributed by atoms with Crippen LogP contribution in [0.3, 0.4) is 0 Å². The van der Waals surface area contributed by atoms with Gasteiger partial charge in [-0.15, -0.1) is 0 Å². The highest BCUT2D eigenvalue weighted by Crippen LogP contribution is 2.28. The number of hydrogen-bond acceptors (Lipinski definition) is 4. The van der Waals surface area contributed by atoms with Crippen LogP contribution in [0.4, 0.5) is 0 Å². The second-order valence-corrected chi connectivity index (χ2v) is 4.63. The van der Waals surface area contributed by atoms with Crippen LogP contribution >= 0.6 is 15.9 Å². The molecule has 0 saturated carbocycles. The van der Waals surface area contributed by atoms with E-state index in [1.165, 1.54) is 13.3 Å². The Morgan fingerprint density at radius 1 is 1.21 bits per heavy atom. The number of benzene rings is 1. The lowest BCUT2D eigenvalue weighted by molar-refractivity contribution is 0.0600. The smallest absolute Gasteiger partial charge is 0.339 e. The number of carbonyl (C=O) groups excluding carboxylic acids is 1. The predicted octanol–water partition coefficient (Wildman–Crippen LogP) is 3.31. The van der Waals surface area contributed by atoms with Crippen LogP contribution in [0.2, 0.25) is 0 Å². The Hall–Kier alpha value is -1.88. The maximum atomic E-state index is 11.4. The molecular formula is C14H12BrNO3. The minimum Gasteiger partial charge on any atom is -0.497 e. The summed E-state index contributed by atoms with van der Waals surface area (Å²) in [6.07, 6.45) is 1.50. The second-order valence-electron chi connectivity index (χ2n) is 3.77. The molecule has 0 unspecified atom stereocenters. The van der Waals surface area contributed by atoms with Gasteiger partial charge in [0.2, 0.25) is 0 Å². The van der Waals surface area contributed by atoms with E-state index < -0.39 is 5.97 Å². The van der Waals surface area contributed by atoms with Crippen LogP contribution in [-0.2, 0) is 4.74 Å². The second kappa shape index (κ2) is 5.84. The summed E-state index contributed by atoms with van der Waals surface area (Å²) < 4.78 is 10.5. The lowest BCUT2D eigenvalue weighted by atomic mass is 10.1. The van der Waals surface area contributed by atoms with Crippen molar-refractivity contribution in [3.63, 3.8) is 0 Å². The molecule has 1 aromatic heterocycles. The van der Waals surface area contributed by atoms with Gasteiger partial charge in [0.15, 0.2) is 0 Å². The molecule has 1 aromatic carbocycles. The molecule has 19 heavy (non-hydrogen) atoms. The molecule has 2 rings (SSSR count). The summed E-state index contributed by atoms with van der Waals surface area (Å²) in [7, 11) is 2.96. The molecule has 1 heterocycles. The average molecular weight is 322 g/mol. The number of rotatable bonds is 3. The first-order valence-electron chi connectivity index (χ1n) is 5.54. The van der Waals surface area contributed by atoms with Crippen molar-refractivity contribution in [2.45, 2.75) is 0 Å². The highest BCUT2D eigenvalue weighted by Gasteiger charge is 2.11. The molecule has 0 saturated heterocycles. The molecule has 0 N–H and O–H groups in total. The van der Waals surface area contributed by atoms with Gasteiger partial charge in [-0.1, -0.05) is 0 Å². The van der Waals surface area contributed by atoms with Crippen molar-refractivity contribution in [3.8, 4) is 17.0 Å². The lowest BCUT2D eigenvalue weighted by Gasteiger charge is -2.06. The van der Waals surface area contributed by atoms with E-state index in [1.807, 2.05) is 24.3 Å². The monoisotopic (exact) mass is 321 g/mol. The Morgan fingerprint density at radius 2 is 1.89 bits per heavy atom. The lowest BCUT2D eigenvalue weighted by Crippen LogP contribution is -2.02. The van der Waals surface area contributed by atoms with E-state index in [2.05, 4.69) is 25.7 Å². The first-order chi connectivity index (χ1) is 9.15. The Bertz CT molecular complexity index is 596. The molecule has 0 aliphatic heterocycles. The number of pyridine rings is 1. The fraction of sp³-hybridized carbons (Fsp3) is 0.143. The summed E-state index contributed by atoms with van der Waals surface area (Å²) in [5.74, 6) is 0.375. The van der Waals surface area contributed by atoms with Crippen LogP contribution in [-0.4, -0.2) is 25.2 Å². The normalized spacial score (nSPS) is 10.1. The molecule has 98 valence electrons. The quantitative estimate of drug-likeness (QED) is 0.814. The fourth-order valence-corrected chi connectivity index (χ4v) is 2.21. The zero-order valence-corrected chi connectivity index (χ0v) is 12.1. The number of nitrogens with zero attached hydrogens (tertiary/aromatic N) is 1. The third-order valence-electron chi connectivity index (χ3n) is 2.63.